The highest BCUT2D eigenvalue weighted by molar-refractivity contribution is 6.17. The molecule has 1 aromatic rings. The van der Waals surface area contributed by atoms with E-state index in [4.69, 9.17) is 9.47 Å². The van der Waals surface area contributed by atoms with E-state index >= 15 is 0 Å². The van der Waals surface area contributed by atoms with Crippen molar-refractivity contribution in [3.63, 3.8) is 0 Å². The van der Waals surface area contributed by atoms with Crippen molar-refractivity contribution in [2.75, 3.05) is 13.7 Å². The maximum absolute atomic E-state index is 14.1. The molecule has 1 heterocycles. The Morgan fingerprint density at radius 3 is 2.63 bits per heavy atom. The quantitative estimate of drug-likeness (QED) is 0.542. The number of aliphatic imine (C=N–C) groups is 1. The standard InChI is InChI=1S/C23H26FNO5/c1-5-9-30-23(28)18-13(3)25-16-10-12(2)17(22(27)29-4)21(26)20(16)19(18)14-7-6-8-15(24)11-14/h6-8,11-12,17,19-20H,5,9-10H2,1-4H3/t12-,17+,19-,20+/m1/s1. The molecule has 0 amide bonds. The number of rotatable bonds is 5. The van der Waals surface area contributed by atoms with Crippen LogP contribution in [-0.2, 0) is 23.9 Å². The maximum Gasteiger partial charge on any atom is 0.336 e. The Kier molecular flexibility index (Phi) is 6.48. The molecule has 0 N–H and O–H groups in total. The van der Waals surface area contributed by atoms with E-state index in [9.17, 15) is 18.8 Å². The molecule has 1 saturated carbocycles. The summed E-state index contributed by atoms with van der Waals surface area (Å²) < 4.78 is 24.3. The van der Waals surface area contributed by atoms with Crippen LogP contribution in [0.3, 0.4) is 0 Å². The minimum Gasteiger partial charge on any atom is -0.468 e. The lowest BCUT2D eigenvalue weighted by Gasteiger charge is -2.40. The van der Waals surface area contributed by atoms with Gasteiger partial charge in [-0.15, -0.1) is 0 Å². The molecule has 0 bridgehead atoms. The molecule has 1 aromatic carbocycles. The topological polar surface area (TPSA) is 82.0 Å². The molecule has 4 atom stereocenters. The van der Waals surface area contributed by atoms with E-state index in [1.807, 2.05) is 6.92 Å². The van der Waals surface area contributed by atoms with Crippen molar-refractivity contribution in [2.24, 2.45) is 22.7 Å². The van der Waals surface area contributed by atoms with Gasteiger partial charge in [0, 0.05) is 17.3 Å². The van der Waals surface area contributed by atoms with Gasteiger partial charge in [-0.25, -0.2) is 9.18 Å². The Morgan fingerprint density at radius 2 is 2.00 bits per heavy atom. The Balaban J connectivity index is 2.16. The molecule has 0 saturated heterocycles. The Hall–Kier alpha value is -2.83. The van der Waals surface area contributed by atoms with Gasteiger partial charge in [0.2, 0.25) is 0 Å². The number of Topliss-reactive ketones (excluding diaryl/α,β-unsaturated/α-hetero) is 1. The number of halogens is 1. The summed E-state index contributed by atoms with van der Waals surface area (Å²) >= 11 is 0. The lowest BCUT2D eigenvalue weighted by molar-refractivity contribution is -0.152. The second-order valence-electron chi connectivity index (χ2n) is 7.83. The number of allylic oxidation sites excluding steroid dienone is 1. The number of benzene rings is 1. The number of ketones is 1. The van der Waals surface area contributed by atoms with Gasteiger partial charge in [0.15, 0.2) is 5.78 Å². The lowest BCUT2D eigenvalue weighted by Crippen LogP contribution is -2.48. The molecule has 0 aromatic heterocycles. The van der Waals surface area contributed by atoms with Crippen molar-refractivity contribution in [1.29, 1.82) is 0 Å². The predicted octanol–water partition coefficient (Wildman–Crippen LogP) is 3.61. The summed E-state index contributed by atoms with van der Waals surface area (Å²) in [5.41, 5.74) is 1.76. The first-order chi connectivity index (χ1) is 14.3. The van der Waals surface area contributed by atoms with Crippen molar-refractivity contribution < 1.29 is 28.2 Å². The van der Waals surface area contributed by atoms with E-state index in [0.29, 0.717) is 29.8 Å². The van der Waals surface area contributed by atoms with Crippen LogP contribution in [0.15, 0.2) is 40.5 Å². The van der Waals surface area contributed by atoms with Crippen LogP contribution in [0.4, 0.5) is 4.39 Å². The molecule has 30 heavy (non-hydrogen) atoms. The Bertz CT molecular complexity index is 935. The van der Waals surface area contributed by atoms with Crippen LogP contribution < -0.4 is 0 Å². The van der Waals surface area contributed by atoms with E-state index in [0.717, 1.165) is 0 Å². The van der Waals surface area contributed by atoms with Gasteiger partial charge in [-0.2, -0.15) is 0 Å². The molecular weight excluding hydrogens is 389 g/mol. The predicted molar refractivity (Wildman–Crippen MR) is 108 cm³/mol. The summed E-state index contributed by atoms with van der Waals surface area (Å²) in [7, 11) is 1.24. The Morgan fingerprint density at radius 1 is 1.27 bits per heavy atom. The van der Waals surface area contributed by atoms with Gasteiger partial charge in [-0.05, 0) is 43.4 Å². The van der Waals surface area contributed by atoms with Crippen LogP contribution in [0.25, 0.3) is 0 Å². The third-order valence-corrected chi connectivity index (χ3v) is 5.74. The average molecular weight is 415 g/mol. The molecule has 6 nitrogen and oxygen atoms in total. The summed E-state index contributed by atoms with van der Waals surface area (Å²) in [6, 6.07) is 5.82. The number of methoxy groups -OCH3 is 1. The van der Waals surface area contributed by atoms with Crippen LogP contribution in [-0.4, -0.2) is 37.2 Å². The average Bonchev–Trinajstić information content (AvgIpc) is 2.70. The third-order valence-electron chi connectivity index (χ3n) is 5.74. The first-order valence-corrected chi connectivity index (χ1v) is 10.1. The largest absolute Gasteiger partial charge is 0.468 e. The maximum atomic E-state index is 14.1. The summed E-state index contributed by atoms with van der Waals surface area (Å²) in [6.45, 7) is 5.60. The van der Waals surface area contributed by atoms with Crippen molar-refractivity contribution in [2.45, 2.75) is 39.5 Å². The van der Waals surface area contributed by atoms with Gasteiger partial charge in [0.25, 0.3) is 0 Å². The number of hydrogen-bond donors (Lipinski definition) is 0. The minimum absolute atomic E-state index is 0.225. The molecule has 7 heteroatoms. The molecule has 2 aliphatic rings. The fraction of sp³-hybridized carbons (Fsp3) is 0.478. The zero-order valence-electron chi connectivity index (χ0n) is 17.6. The van der Waals surface area contributed by atoms with E-state index in [1.54, 1.807) is 19.9 Å². The van der Waals surface area contributed by atoms with Crippen LogP contribution in [0, 0.1) is 23.6 Å². The Labute approximate surface area is 175 Å². The summed E-state index contributed by atoms with van der Waals surface area (Å²) in [4.78, 5) is 43.3. The number of hydrogen-bond acceptors (Lipinski definition) is 6. The zero-order chi connectivity index (χ0) is 22.0. The van der Waals surface area contributed by atoms with Gasteiger partial charge in [0.1, 0.15) is 11.7 Å². The molecule has 1 fully saturated rings. The highest BCUT2D eigenvalue weighted by Gasteiger charge is 2.51. The SMILES string of the molecule is CCCOC(=O)C1=C(C)N=C2C[C@@H](C)[C@H](C(=O)OC)C(=O)[C@@H]2[C@@H]1c1cccc(F)c1. The molecule has 1 aliphatic heterocycles. The third kappa shape index (κ3) is 3.93. The molecule has 1 aliphatic carbocycles. The molecule has 3 rings (SSSR count). The second kappa shape index (κ2) is 8.90. The highest BCUT2D eigenvalue weighted by Crippen LogP contribution is 2.45. The molecule has 0 spiro atoms. The van der Waals surface area contributed by atoms with E-state index in [1.165, 1.54) is 25.3 Å². The van der Waals surface area contributed by atoms with Gasteiger partial charge < -0.3 is 9.47 Å². The van der Waals surface area contributed by atoms with E-state index < -0.39 is 35.5 Å². The van der Waals surface area contributed by atoms with Crippen LogP contribution >= 0.6 is 0 Å². The van der Waals surface area contributed by atoms with Crippen molar-refractivity contribution >= 4 is 23.4 Å². The van der Waals surface area contributed by atoms with E-state index in [-0.39, 0.29) is 23.9 Å². The minimum atomic E-state index is -0.957. The van der Waals surface area contributed by atoms with Crippen molar-refractivity contribution in [1.82, 2.24) is 0 Å². The number of fused-ring (bicyclic) bond motifs is 1. The normalized spacial score (nSPS) is 26.0. The lowest BCUT2D eigenvalue weighted by atomic mass is 9.64. The smallest absolute Gasteiger partial charge is 0.336 e. The van der Waals surface area contributed by atoms with Gasteiger partial charge in [0.05, 0.1) is 25.2 Å². The summed E-state index contributed by atoms with van der Waals surface area (Å²) in [6.07, 6.45) is 1.05. The van der Waals surface area contributed by atoms with Crippen molar-refractivity contribution in [3.8, 4) is 0 Å². The van der Waals surface area contributed by atoms with Crippen LogP contribution in [0.1, 0.15) is 45.1 Å². The van der Waals surface area contributed by atoms with Gasteiger partial charge in [-0.3, -0.25) is 14.6 Å². The van der Waals surface area contributed by atoms with E-state index in [2.05, 4.69) is 4.99 Å². The molecule has 0 unspecified atom stereocenters. The zero-order valence-corrected chi connectivity index (χ0v) is 17.6. The van der Waals surface area contributed by atoms with Gasteiger partial charge >= 0.3 is 11.9 Å². The fourth-order valence-corrected chi connectivity index (χ4v) is 4.43. The monoisotopic (exact) mass is 415 g/mol. The number of esters is 2. The van der Waals surface area contributed by atoms with Gasteiger partial charge in [-0.1, -0.05) is 26.0 Å². The number of carbonyl (C=O) groups is 3. The number of ether oxygens (including phenoxy) is 2. The fourth-order valence-electron chi connectivity index (χ4n) is 4.43. The molecule has 0 radical (unpaired) electrons. The van der Waals surface area contributed by atoms with Crippen molar-refractivity contribution in [3.05, 3.63) is 46.9 Å². The number of nitrogens with zero attached hydrogens (tertiary/aromatic N) is 1. The summed E-state index contributed by atoms with van der Waals surface area (Å²) in [5.74, 6) is -4.88. The highest BCUT2D eigenvalue weighted by atomic mass is 19.1. The molecular formula is C23H26FNO5. The molecule has 160 valence electrons. The van der Waals surface area contributed by atoms with Crippen LogP contribution in [0.5, 0.6) is 0 Å². The first-order valence-electron chi connectivity index (χ1n) is 10.1. The number of carbonyl (C=O) groups excluding carboxylic acids is 3. The second-order valence-corrected chi connectivity index (χ2v) is 7.83. The first kappa shape index (κ1) is 21.9. The van der Waals surface area contributed by atoms with Crippen LogP contribution in [0.2, 0.25) is 0 Å². The summed E-state index contributed by atoms with van der Waals surface area (Å²) in [5, 5.41) is 0.